The highest BCUT2D eigenvalue weighted by Crippen LogP contribution is 2.18. The summed E-state index contributed by atoms with van der Waals surface area (Å²) >= 11 is 0. The molecule has 3 aromatic heterocycles. The molecule has 0 aromatic carbocycles. The van der Waals surface area contributed by atoms with Crippen LogP contribution in [-0.4, -0.2) is 30.9 Å². The van der Waals surface area contributed by atoms with Crippen LogP contribution in [0.2, 0.25) is 0 Å². The summed E-state index contributed by atoms with van der Waals surface area (Å²) in [5.41, 5.74) is 2.66. The van der Waals surface area contributed by atoms with Crippen molar-refractivity contribution < 1.29 is 4.79 Å². The largest absolute Gasteiger partial charge is 0.308 e. The number of carbonyl (C=O) groups excluding carboxylic acids is 1. The number of H-pyrrole nitrogens is 1. The van der Waals surface area contributed by atoms with Gasteiger partial charge in [0.05, 0.1) is 11.4 Å². The summed E-state index contributed by atoms with van der Waals surface area (Å²) in [4.78, 5) is 15.9. The summed E-state index contributed by atoms with van der Waals surface area (Å²) in [7, 11) is 0. The fourth-order valence-corrected chi connectivity index (χ4v) is 1.95. The second-order valence-corrected chi connectivity index (χ2v) is 4.61. The number of aromatic amines is 1. The number of nitrogens with zero attached hydrogens (tertiary/aromatic N) is 4. The number of carbonyl (C=O) groups is 1. The van der Waals surface area contributed by atoms with Crippen molar-refractivity contribution in [1.82, 2.24) is 25.0 Å². The van der Waals surface area contributed by atoms with Gasteiger partial charge in [0.2, 0.25) is 5.91 Å². The van der Waals surface area contributed by atoms with Gasteiger partial charge in [0.1, 0.15) is 6.54 Å². The molecule has 0 aliphatic heterocycles. The highest BCUT2D eigenvalue weighted by atomic mass is 16.2. The van der Waals surface area contributed by atoms with Crippen LogP contribution in [0.1, 0.15) is 5.69 Å². The van der Waals surface area contributed by atoms with Crippen LogP contribution in [0.4, 0.5) is 5.82 Å². The molecule has 7 heteroatoms. The van der Waals surface area contributed by atoms with Crippen LogP contribution >= 0.6 is 0 Å². The van der Waals surface area contributed by atoms with Gasteiger partial charge in [-0.25, -0.2) is 0 Å². The lowest BCUT2D eigenvalue weighted by atomic mass is 10.2. The molecule has 7 nitrogen and oxygen atoms in total. The second-order valence-electron chi connectivity index (χ2n) is 4.61. The van der Waals surface area contributed by atoms with E-state index in [-0.39, 0.29) is 12.5 Å². The number of rotatable bonds is 4. The van der Waals surface area contributed by atoms with E-state index in [9.17, 15) is 4.79 Å². The maximum Gasteiger partial charge on any atom is 0.247 e. The normalized spacial score (nSPS) is 10.5. The van der Waals surface area contributed by atoms with Crippen molar-refractivity contribution >= 4 is 11.7 Å². The Bertz CT molecular complexity index is 746. The van der Waals surface area contributed by atoms with E-state index in [0.29, 0.717) is 5.82 Å². The lowest BCUT2D eigenvalue weighted by Gasteiger charge is -2.01. The van der Waals surface area contributed by atoms with Gasteiger partial charge < -0.3 is 5.32 Å². The van der Waals surface area contributed by atoms with Gasteiger partial charge in [0, 0.05) is 30.2 Å². The molecule has 0 spiro atoms. The Morgan fingerprint density at radius 2 is 2.14 bits per heavy atom. The van der Waals surface area contributed by atoms with Crippen LogP contribution in [0.15, 0.2) is 42.9 Å². The summed E-state index contributed by atoms with van der Waals surface area (Å²) in [5, 5.41) is 13.9. The molecular weight excluding hydrogens is 268 g/mol. The van der Waals surface area contributed by atoms with Crippen molar-refractivity contribution in [2.45, 2.75) is 13.5 Å². The number of aryl methyl sites for hydroxylation is 1. The molecule has 0 radical (unpaired) electrons. The first-order chi connectivity index (χ1) is 10.2. The van der Waals surface area contributed by atoms with E-state index < -0.39 is 0 Å². The zero-order valence-corrected chi connectivity index (χ0v) is 11.4. The van der Waals surface area contributed by atoms with E-state index in [0.717, 1.165) is 17.0 Å². The molecule has 3 aromatic rings. The number of hydrogen-bond donors (Lipinski definition) is 2. The highest BCUT2D eigenvalue weighted by Gasteiger charge is 2.08. The summed E-state index contributed by atoms with van der Waals surface area (Å²) in [6.45, 7) is 2.04. The molecule has 3 rings (SSSR count). The van der Waals surface area contributed by atoms with Crippen molar-refractivity contribution in [3.8, 4) is 11.3 Å². The van der Waals surface area contributed by atoms with E-state index in [1.165, 1.54) is 0 Å². The molecule has 0 bridgehead atoms. The zero-order chi connectivity index (χ0) is 14.7. The molecule has 1 amide bonds. The van der Waals surface area contributed by atoms with Crippen molar-refractivity contribution in [2.75, 3.05) is 5.32 Å². The number of hydrogen-bond acceptors (Lipinski definition) is 4. The minimum Gasteiger partial charge on any atom is -0.308 e. The number of aromatic nitrogens is 5. The van der Waals surface area contributed by atoms with Crippen LogP contribution in [0.3, 0.4) is 0 Å². The molecule has 0 fully saturated rings. The van der Waals surface area contributed by atoms with Gasteiger partial charge in [-0.05, 0) is 25.1 Å². The van der Waals surface area contributed by atoms with E-state index in [4.69, 9.17) is 0 Å². The molecule has 0 saturated heterocycles. The Kier molecular flexibility index (Phi) is 3.46. The summed E-state index contributed by atoms with van der Waals surface area (Å²) in [6.07, 6.45) is 5.17. The summed E-state index contributed by atoms with van der Waals surface area (Å²) in [5.74, 6) is 0.307. The van der Waals surface area contributed by atoms with E-state index in [2.05, 4.69) is 25.6 Å². The average molecular weight is 282 g/mol. The Morgan fingerprint density at radius 3 is 2.86 bits per heavy atom. The third-order valence-electron chi connectivity index (χ3n) is 2.92. The lowest BCUT2D eigenvalue weighted by molar-refractivity contribution is -0.116. The summed E-state index contributed by atoms with van der Waals surface area (Å²) < 4.78 is 1.58. The minimum absolute atomic E-state index is 0.158. The number of anilines is 1. The molecule has 0 aliphatic rings. The second kappa shape index (κ2) is 5.58. The first kappa shape index (κ1) is 13.0. The van der Waals surface area contributed by atoms with Gasteiger partial charge in [0.15, 0.2) is 5.82 Å². The van der Waals surface area contributed by atoms with Gasteiger partial charge in [-0.2, -0.15) is 10.2 Å². The SMILES string of the molecule is Cc1ccn(CC(=O)Nc2cc(-c3ccncc3)[nH]n2)n1. The summed E-state index contributed by atoms with van der Waals surface area (Å²) in [6, 6.07) is 7.36. The predicted molar refractivity (Wildman–Crippen MR) is 77.4 cm³/mol. The number of amides is 1. The highest BCUT2D eigenvalue weighted by molar-refractivity contribution is 5.90. The Labute approximate surface area is 121 Å². The van der Waals surface area contributed by atoms with Crippen LogP contribution < -0.4 is 5.32 Å². The zero-order valence-electron chi connectivity index (χ0n) is 11.4. The van der Waals surface area contributed by atoms with Gasteiger partial charge in [-0.3, -0.25) is 19.6 Å². The van der Waals surface area contributed by atoms with Crippen LogP contribution in [-0.2, 0) is 11.3 Å². The standard InChI is InChI=1S/C14H14N6O/c1-10-4-7-20(19-10)9-14(21)16-13-8-12(17-18-13)11-2-5-15-6-3-11/h2-8H,9H2,1H3,(H2,16,17,18,21). The fourth-order valence-electron chi connectivity index (χ4n) is 1.95. The maximum absolute atomic E-state index is 11.9. The van der Waals surface area contributed by atoms with Crippen LogP contribution in [0.5, 0.6) is 0 Å². The minimum atomic E-state index is -0.175. The lowest BCUT2D eigenvalue weighted by Crippen LogP contribution is -2.19. The van der Waals surface area contributed by atoms with E-state index in [1.807, 2.05) is 25.1 Å². The molecule has 0 atom stereocenters. The van der Waals surface area contributed by atoms with Gasteiger partial charge >= 0.3 is 0 Å². The van der Waals surface area contributed by atoms with Crippen molar-refractivity contribution in [1.29, 1.82) is 0 Å². The van der Waals surface area contributed by atoms with Gasteiger partial charge in [-0.1, -0.05) is 0 Å². The molecule has 0 unspecified atom stereocenters. The van der Waals surface area contributed by atoms with Gasteiger partial charge in [0.25, 0.3) is 0 Å². The first-order valence-electron chi connectivity index (χ1n) is 6.46. The smallest absolute Gasteiger partial charge is 0.247 e. The van der Waals surface area contributed by atoms with Crippen molar-refractivity contribution in [2.24, 2.45) is 0 Å². The fraction of sp³-hybridized carbons (Fsp3) is 0.143. The maximum atomic E-state index is 11.9. The molecule has 2 N–H and O–H groups in total. The average Bonchev–Trinajstić information content (AvgIpc) is 3.09. The first-order valence-corrected chi connectivity index (χ1v) is 6.46. The number of pyridine rings is 1. The van der Waals surface area contributed by atoms with Crippen molar-refractivity contribution in [3.63, 3.8) is 0 Å². The topological polar surface area (TPSA) is 88.5 Å². The Morgan fingerprint density at radius 1 is 1.33 bits per heavy atom. The molecular formula is C14H14N6O. The van der Waals surface area contributed by atoms with Crippen LogP contribution in [0.25, 0.3) is 11.3 Å². The third-order valence-corrected chi connectivity index (χ3v) is 2.92. The molecule has 106 valence electrons. The van der Waals surface area contributed by atoms with E-state index in [1.54, 1.807) is 29.3 Å². The van der Waals surface area contributed by atoms with Gasteiger partial charge in [-0.15, -0.1) is 0 Å². The van der Waals surface area contributed by atoms with Crippen molar-refractivity contribution in [3.05, 3.63) is 48.5 Å². The van der Waals surface area contributed by atoms with Crippen LogP contribution in [0, 0.1) is 6.92 Å². The third kappa shape index (κ3) is 3.14. The van der Waals surface area contributed by atoms with E-state index >= 15 is 0 Å². The Hall–Kier alpha value is -2.96. The quantitative estimate of drug-likeness (QED) is 0.761. The molecule has 0 saturated carbocycles. The Balaban J connectivity index is 1.66. The number of nitrogens with one attached hydrogen (secondary N) is 2. The molecule has 0 aliphatic carbocycles. The molecule has 3 heterocycles. The predicted octanol–water partition coefficient (Wildman–Crippen LogP) is 1.62. The monoisotopic (exact) mass is 282 g/mol. The molecule has 21 heavy (non-hydrogen) atoms.